The van der Waals surface area contributed by atoms with Crippen LogP contribution in [-0.4, -0.2) is 13.1 Å². The van der Waals surface area contributed by atoms with Crippen LogP contribution in [0.2, 0.25) is 0 Å². The van der Waals surface area contributed by atoms with Gasteiger partial charge in [-0.3, -0.25) is 0 Å². The molecule has 0 amide bonds. The highest BCUT2D eigenvalue weighted by molar-refractivity contribution is 9.10. The van der Waals surface area contributed by atoms with Crippen LogP contribution in [0.25, 0.3) is 0 Å². The molecule has 2 rings (SSSR count). The molecule has 21 heavy (non-hydrogen) atoms. The van der Waals surface area contributed by atoms with Crippen molar-refractivity contribution in [3.8, 4) is 0 Å². The van der Waals surface area contributed by atoms with Crippen molar-refractivity contribution in [2.75, 3.05) is 13.1 Å². The van der Waals surface area contributed by atoms with Crippen molar-refractivity contribution < 1.29 is 0 Å². The predicted molar refractivity (Wildman–Crippen MR) is 97.2 cm³/mol. The van der Waals surface area contributed by atoms with Crippen molar-refractivity contribution in [2.24, 2.45) is 5.92 Å². The number of hydrogen-bond donors (Lipinski definition) is 1. The van der Waals surface area contributed by atoms with E-state index in [1.54, 1.807) is 11.3 Å². The molecule has 114 valence electrons. The lowest BCUT2D eigenvalue weighted by Gasteiger charge is -2.19. The van der Waals surface area contributed by atoms with Crippen LogP contribution in [0.15, 0.2) is 45.6 Å². The van der Waals surface area contributed by atoms with E-state index in [-0.39, 0.29) is 0 Å². The van der Waals surface area contributed by atoms with Crippen molar-refractivity contribution in [1.82, 2.24) is 5.32 Å². The van der Waals surface area contributed by atoms with Crippen LogP contribution in [0.3, 0.4) is 0 Å². The van der Waals surface area contributed by atoms with Crippen LogP contribution in [0.1, 0.15) is 37.3 Å². The smallest absolute Gasteiger partial charge is 0.0178 e. The summed E-state index contributed by atoms with van der Waals surface area (Å²) in [6.07, 6.45) is 2.35. The summed E-state index contributed by atoms with van der Waals surface area (Å²) in [6.45, 7) is 6.65. The van der Waals surface area contributed by atoms with Crippen molar-refractivity contribution in [1.29, 1.82) is 0 Å². The Labute approximate surface area is 140 Å². The lowest BCUT2D eigenvalue weighted by Crippen LogP contribution is -2.25. The van der Waals surface area contributed by atoms with Crippen LogP contribution in [0.4, 0.5) is 0 Å². The SMILES string of the molecule is CC(C)CNCC(CCc1ccsc1)c1cccc(Br)c1. The minimum absolute atomic E-state index is 0.571. The maximum atomic E-state index is 3.62. The molecule has 0 aliphatic rings. The molecule has 1 aromatic carbocycles. The molecule has 0 saturated carbocycles. The molecule has 1 unspecified atom stereocenters. The zero-order valence-electron chi connectivity index (χ0n) is 12.8. The predicted octanol–water partition coefficient (Wildman–Crippen LogP) is 5.47. The first-order chi connectivity index (χ1) is 10.1. The zero-order valence-corrected chi connectivity index (χ0v) is 15.2. The summed E-state index contributed by atoms with van der Waals surface area (Å²) in [5.41, 5.74) is 2.89. The third kappa shape index (κ3) is 5.93. The molecule has 1 nitrogen and oxygen atoms in total. The Kier molecular flexibility index (Phi) is 6.94. The van der Waals surface area contributed by atoms with Crippen molar-refractivity contribution in [3.05, 3.63) is 56.7 Å². The van der Waals surface area contributed by atoms with E-state index in [2.05, 4.69) is 76.2 Å². The van der Waals surface area contributed by atoms with Crippen LogP contribution in [0, 0.1) is 5.92 Å². The van der Waals surface area contributed by atoms with Gasteiger partial charge in [0.2, 0.25) is 0 Å². The third-order valence-corrected chi connectivity index (χ3v) is 4.85. The van der Waals surface area contributed by atoms with E-state index >= 15 is 0 Å². The number of hydrogen-bond acceptors (Lipinski definition) is 2. The molecule has 1 heterocycles. The van der Waals surface area contributed by atoms with E-state index in [1.807, 2.05) is 0 Å². The molecule has 2 aromatic rings. The van der Waals surface area contributed by atoms with Crippen molar-refractivity contribution >= 4 is 27.3 Å². The summed E-state index contributed by atoms with van der Waals surface area (Å²) < 4.78 is 1.17. The van der Waals surface area contributed by atoms with Crippen LogP contribution in [0.5, 0.6) is 0 Å². The van der Waals surface area contributed by atoms with Crippen LogP contribution < -0.4 is 5.32 Å². The largest absolute Gasteiger partial charge is 0.316 e. The molecule has 0 aliphatic heterocycles. The van der Waals surface area contributed by atoms with Gasteiger partial charge in [-0.05, 0) is 71.3 Å². The first kappa shape index (κ1) is 16.7. The van der Waals surface area contributed by atoms with Gasteiger partial charge in [-0.15, -0.1) is 0 Å². The molecule has 1 N–H and O–H groups in total. The van der Waals surface area contributed by atoms with Gasteiger partial charge in [-0.2, -0.15) is 11.3 Å². The highest BCUT2D eigenvalue weighted by atomic mass is 79.9. The van der Waals surface area contributed by atoms with E-state index in [0.29, 0.717) is 11.8 Å². The molecule has 0 radical (unpaired) electrons. The number of rotatable bonds is 8. The van der Waals surface area contributed by atoms with Crippen molar-refractivity contribution in [3.63, 3.8) is 0 Å². The summed E-state index contributed by atoms with van der Waals surface area (Å²) in [4.78, 5) is 0. The number of benzene rings is 1. The second kappa shape index (κ2) is 8.72. The number of nitrogens with one attached hydrogen (secondary N) is 1. The van der Waals surface area contributed by atoms with Gasteiger partial charge in [-0.25, -0.2) is 0 Å². The summed E-state index contributed by atoms with van der Waals surface area (Å²) in [6, 6.07) is 11.0. The van der Waals surface area contributed by atoms with Gasteiger partial charge in [0, 0.05) is 11.0 Å². The van der Waals surface area contributed by atoms with Gasteiger partial charge < -0.3 is 5.32 Å². The van der Waals surface area contributed by atoms with Crippen LogP contribution in [-0.2, 0) is 6.42 Å². The van der Waals surface area contributed by atoms with Gasteiger partial charge in [0.15, 0.2) is 0 Å². The Morgan fingerprint density at radius 2 is 2.05 bits per heavy atom. The molecule has 0 saturated heterocycles. The van der Waals surface area contributed by atoms with Gasteiger partial charge in [0.1, 0.15) is 0 Å². The van der Waals surface area contributed by atoms with Gasteiger partial charge in [0.25, 0.3) is 0 Å². The quantitative estimate of drug-likeness (QED) is 0.653. The van der Waals surface area contributed by atoms with Gasteiger partial charge in [0.05, 0.1) is 0 Å². The van der Waals surface area contributed by atoms with Gasteiger partial charge >= 0.3 is 0 Å². The lowest BCUT2D eigenvalue weighted by molar-refractivity contribution is 0.500. The normalized spacial score (nSPS) is 12.8. The van der Waals surface area contributed by atoms with E-state index in [0.717, 1.165) is 19.5 Å². The topological polar surface area (TPSA) is 12.0 Å². The Bertz CT molecular complexity index is 522. The first-order valence-electron chi connectivity index (χ1n) is 7.62. The van der Waals surface area contributed by atoms with Crippen LogP contribution >= 0.6 is 27.3 Å². The molecule has 0 fully saturated rings. The number of thiophene rings is 1. The van der Waals surface area contributed by atoms with E-state index in [4.69, 9.17) is 0 Å². The van der Waals surface area contributed by atoms with E-state index in [9.17, 15) is 0 Å². The Morgan fingerprint density at radius 3 is 2.71 bits per heavy atom. The minimum Gasteiger partial charge on any atom is -0.316 e. The second-order valence-corrected chi connectivity index (χ2v) is 7.67. The minimum atomic E-state index is 0.571. The van der Waals surface area contributed by atoms with E-state index in [1.165, 1.54) is 22.0 Å². The standard InChI is InChI=1S/C18H24BrNS/c1-14(2)11-20-12-17(7-6-15-8-9-21-13-15)16-4-3-5-18(19)10-16/h3-5,8-10,13-14,17,20H,6-7,11-12H2,1-2H3. The highest BCUT2D eigenvalue weighted by Crippen LogP contribution is 2.24. The summed E-state index contributed by atoms with van der Waals surface area (Å²) >= 11 is 5.38. The zero-order chi connectivity index (χ0) is 15.1. The Hall–Kier alpha value is -0.640. The fourth-order valence-electron chi connectivity index (χ4n) is 2.47. The molecule has 1 aromatic heterocycles. The Morgan fingerprint density at radius 1 is 1.19 bits per heavy atom. The molecular weight excluding hydrogens is 342 g/mol. The highest BCUT2D eigenvalue weighted by Gasteiger charge is 2.12. The van der Waals surface area contributed by atoms with E-state index < -0.39 is 0 Å². The summed E-state index contributed by atoms with van der Waals surface area (Å²) in [7, 11) is 0. The number of halogens is 1. The monoisotopic (exact) mass is 365 g/mol. The second-order valence-electron chi connectivity index (χ2n) is 5.97. The first-order valence-corrected chi connectivity index (χ1v) is 9.36. The summed E-state index contributed by atoms with van der Waals surface area (Å²) in [5.74, 6) is 1.27. The molecular formula is C18H24BrNS. The molecule has 0 bridgehead atoms. The average Bonchev–Trinajstić information content (AvgIpc) is 2.95. The fourth-order valence-corrected chi connectivity index (χ4v) is 3.59. The fraction of sp³-hybridized carbons (Fsp3) is 0.444. The number of aryl methyl sites for hydroxylation is 1. The maximum Gasteiger partial charge on any atom is 0.0178 e. The third-order valence-electron chi connectivity index (χ3n) is 3.62. The molecule has 0 aliphatic carbocycles. The molecule has 3 heteroatoms. The van der Waals surface area contributed by atoms with Gasteiger partial charge in [-0.1, -0.05) is 41.9 Å². The Balaban J connectivity index is 1.98. The average molecular weight is 366 g/mol. The lowest BCUT2D eigenvalue weighted by atomic mass is 9.92. The molecule has 0 spiro atoms. The summed E-state index contributed by atoms with van der Waals surface area (Å²) in [5, 5.41) is 8.05. The van der Waals surface area contributed by atoms with Crippen molar-refractivity contribution in [2.45, 2.75) is 32.6 Å². The maximum absolute atomic E-state index is 3.62. The molecule has 1 atom stereocenters.